The molecular formula is C12H15F3N2O. The molecule has 0 heterocycles. The molecule has 100 valence electrons. The van der Waals surface area contributed by atoms with Gasteiger partial charge in [0.2, 0.25) is 0 Å². The molecular weight excluding hydrogens is 245 g/mol. The Morgan fingerprint density at radius 1 is 1.22 bits per heavy atom. The monoisotopic (exact) mass is 260 g/mol. The van der Waals surface area contributed by atoms with Crippen molar-refractivity contribution in [2.24, 2.45) is 5.73 Å². The van der Waals surface area contributed by atoms with Crippen LogP contribution < -0.4 is 11.1 Å². The number of alkyl halides is 3. The minimum atomic E-state index is -4.88. The highest BCUT2D eigenvalue weighted by Gasteiger charge is 2.38. The van der Waals surface area contributed by atoms with Crippen LogP contribution in [0.2, 0.25) is 0 Å². The van der Waals surface area contributed by atoms with Gasteiger partial charge in [-0.3, -0.25) is 4.79 Å². The summed E-state index contributed by atoms with van der Waals surface area (Å²) in [6.45, 7) is 4.27. The Kier molecular flexibility index (Phi) is 4.01. The second kappa shape index (κ2) is 4.97. The summed E-state index contributed by atoms with van der Waals surface area (Å²) in [6, 6.07) is 6.16. The van der Waals surface area contributed by atoms with E-state index in [0.29, 0.717) is 6.54 Å². The highest BCUT2D eigenvalue weighted by atomic mass is 19.4. The van der Waals surface area contributed by atoms with Crippen LogP contribution in [0.3, 0.4) is 0 Å². The van der Waals surface area contributed by atoms with Gasteiger partial charge in [-0.15, -0.1) is 0 Å². The van der Waals surface area contributed by atoms with Crippen molar-refractivity contribution in [3.05, 3.63) is 29.8 Å². The van der Waals surface area contributed by atoms with E-state index in [2.05, 4.69) is 0 Å². The number of anilines is 1. The number of rotatable bonds is 3. The first-order valence-electron chi connectivity index (χ1n) is 5.35. The Bertz CT molecular complexity index is 424. The molecule has 6 heteroatoms. The summed E-state index contributed by atoms with van der Waals surface area (Å²) in [6.07, 6.45) is -4.88. The summed E-state index contributed by atoms with van der Waals surface area (Å²) in [7, 11) is 0. The fraction of sp³-hybridized carbons (Fsp3) is 0.417. The maximum absolute atomic E-state index is 12.0. The molecule has 0 fully saturated rings. The summed E-state index contributed by atoms with van der Waals surface area (Å²) in [4.78, 5) is 10.7. The Morgan fingerprint density at radius 2 is 1.72 bits per heavy atom. The number of nitrogens with two attached hydrogens (primary N) is 1. The van der Waals surface area contributed by atoms with Crippen LogP contribution in [0.1, 0.15) is 19.4 Å². The largest absolute Gasteiger partial charge is 0.471 e. The number of nitrogens with one attached hydrogen (secondary N) is 1. The third-order valence-corrected chi connectivity index (χ3v) is 2.69. The third-order valence-electron chi connectivity index (χ3n) is 2.69. The Labute approximate surface area is 103 Å². The normalized spacial score (nSPS) is 12.3. The molecule has 0 aromatic heterocycles. The Balaban J connectivity index is 2.82. The van der Waals surface area contributed by atoms with Crippen LogP contribution in [0.5, 0.6) is 0 Å². The molecule has 0 unspecified atom stereocenters. The van der Waals surface area contributed by atoms with Crippen LogP contribution in [-0.2, 0) is 10.2 Å². The van der Waals surface area contributed by atoms with Gasteiger partial charge >= 0.3 is 12.1 Å². The van der Waals surface area contributed by atoms with Crippen molar-refractivity contribution in [1.82, 2.24) is 0 Å². The van der Waals surface area contributed by atoms with Crippen molar-refractivity contribution in [3.63, 3.8) is 0 Å². The van der Waals surface area contributed by atoms with Gasteiger partial charge in [-0.05, 0) is 17.7 Å². The van der Waals surface area contributed by atoms with Crippen LogP contribution in [0, 0.1) is 0 Å². The van der Waals surface area contributed by atoms with Gasteiger partial charge in [0.15, 0.2) is 0 Å². The van der Waals surface area contributed by atoms with Gasteiger partial charge in [-0.2, -0.15) is 13.2 Å². The number of benzene rings is 1. The fourth-order valence-electron chi connectivity index (χ4n) is 1.32. The lowest BCUT2D eigenvalue weighted by atomic mass is 9.85. The zero-order valence-corrected chi connectivity index (χ0v) is 10.1. The van der Waals surface area contributed by atoms with E-state index in [-0.39, 0.29) is 11.1 Å². The van der Waals surface area contributed by atoms with E-state index < -0.39 is 12.1 Å². The SMILES string of the molecule is CC(C)(CN)c1ccc(NC(=O)C(F)(F)F)cc1. The molecule has 0 saturated heterocycles. The molecule has 0 bridgehead atoms. The zero-order chi connectivity index (χ0) is 14.0. The van der Waals surface area contributed by atoms with Gasteiger partial charge in [-0.1, -0.05) is 26.0 Å². The average molecular weight is 260 g/mol. The maximum Gasteiger partial charge on any atom is 0.471 e. The van der Waals surface area contributed by atoms with Crippen molar-refractivity contribution in [1.29, 1.82) is 0 Å². The van der Waals surface area contributed by atoms with Crippen molar-refractivity contribution in [2.45, 2.75) is 25.4 Å². The predicted molar refractivity (Wildman–Crippen MR) is 63.2 cm³/mol. The lowest BCUT2D eigenvalue weighted by Crippen LogP contribution is -2.30. The molecule has 1 amide bonds. The first-order valence-corrected chi connectivity index (χ1v) is 5.35. The molecule has 18 heavy (non-hydrogen) atoms. The van der Waals surface area contributed by atoms with E-state index >= 15 is 0 Å². The first kappa shape index (κ1) is 14.5. The number of hydrogen-bond donors (Lipinski definition) is 2. The molecule has 0 aliphatic carbocycles. The van der Waals surface area contributed by atoms with Crippen molar-refractivity contribution in [3.8, 4) is 0 Å². The topological polar surface area (TPSA) is 55.1 Å². The van der Waals surface area contributed by atoms with Crippen molar-refractivity contribution < 1.29 is 18.0 Å². The Hall–Kier alpha value is -1.56. The summed E-state index contributed by atoms with van der Waals surface area (Å²) in [5, 5.41) is 1.78. The lowest BCUT2D eigenvalue weighted by Gasteiger charge is -2.23. The first-order chi connectivity index (χ1) is 8.16. The molecule has 1 aromatic rings. The smallest absolute Gasteiger partial charge is 0.330 e. The molecule has 3 nitrogen and oxygen atoms in total. The number of hydrogen-bond acceptors (Lipinski definition) is 2. The van der Waals surface area contributed by atoms with E-state index in [1.807, 2.05) is 13.8 Å². The molecule has 0 radical (unpaired) electrons. The molecule has 0 saturated carbocycles. The molecule has 0 aliphatic rings. The zero-order valence-electron chi connectivity index (χ0n) is 10.1. The van der Waals surface area contributed by atoms with Crippen molar-refractivity contribution in [2.75, 3.05) is 11.9 Å². The number of amides is 1. The maximum atomic E-state index is 12.0. The number of carbonyl (C=O) groups is 1. The number of carbonyl (C=O) groups excluding carboxylic acids is 1. The van der Waals surface area contributed by atoms with Gasteiger partial charge in [0.25, 0.3) is 0 Å². The van der Waals surface area contributed by atoms with E-state index in [0.717, 1.165) is 5.56 Å². The second-order valence-electron chi connectivity index (χ2n) is 4.62. The van der Waals surface area contributed by atoms with E-state index in [1.165, 1.54) is 12.1 Å². The van der Waals surface area contributed by atoms with E-state index in [9.17, 15) is 18.0 Å². The standard InChI is InChI=1S/C12H15F3N2O/c1-11(2,7-16)8-3-5-9(6-4-8)17-10(18)12(13,14)15/h3-6H,7,16H2,1-2H3,(H,17,18). The molecule has 3 N–H and O–H groups in total. The Morgan fingerprint density at radius 3 is 2.11 bits per heavy atom. The quantitative estimate of drug-likeness (QED) is 0.877. The van der Waals surface area contributed by atoms with Gasteiger partial charge < -0.3 is 11.1 Å². The minimum Gasteiger partial charge on any atom is -0.330 e. The highest BCUT2D eigenvalue weighted by molar-refractivity contribution is 5.94. The highest BCUT2D eigenvalue weighted by Crippen LogP contribution is 2.24. The summed E-state index contributed by atoms with van der Waals surface area (Å²) < 4.78 is 36.1. The van der Waals surface area contributed by atoms with Crippen LogP contribution in [-0.4, -0.2) is 18.6 Å². The van der Waals surface area contributed by atoms with E-state index in [4.69, 9.17) is 5.73 Å². The second-order valence-corrected chi connectivity index (χ2v) is 4.62. The fourth-order valence-corrected chi connectivity index (χ4v) is 1.32. The summed E-state index contributed by atoms with van der Waals surface area (Å²) in [5.74, 6) is -1.98. The van der Waals surface area contributed by atoms with Gasteiger partial charge in [0.05, 0.1) is 0 Å². The molecule has 0 spiro atoms. The minimum absolute atomic E-state index is 0.105. The van der Waals surface area contributed by atoms with Crippen LogP contribution in [0.4, 0.5) is 18.9 Å². The van der Waals surface area contributed by atoms with Crippen LogP contribution in [0.25, 0.3) is 0 Å². The lowest BCUT2D eigenvalue weighted by molar-refractivity contribution is -0.167. The summed E-state index contributed by atoms with van der Waals surface area (Å²) >= 11 is 0. The van der Waals surface area contributed by atoms with Crippen molar-refractivity contribution >= 4 is 11.6 Å². The predicted octanol–water partition coefficient (Wildman–Crippen LogP) is 2.42. The molecule has 1 aromatic carbocycles. The molecule has 0 aliphatic heterocycles. The average Bonchev–Trinajstić information content (AvgIpc) is 2.28. The number of halogens is 3. The van der Waals surface area contributed by atoms with E-state index in [1.54, 1.807) is 17.4 Å². The van der Waals surface area contributed by atoms with Gasteiger partial charge in [-0.25, -0.2) is 0 Å². The van der Waals surface area contributed by atoms with Crippen LogP contribution in [0.15, 0.2) is 24.3 Å². The van der Waals surface area contributed by atoms with Gasteiger partial charge in [0, 0.05) is 17.6 Å². The summed E-state index contributed by atoms with van der Waals surface area (Å²) in [5.41, 5.74) is 6.34. The molecule has 1 rings (SSSR count). The third kappa shape index (κ3) is 3.46. The van der Waals surface area contributed by atoms with Gasteiger partial charge in [0.1, 0.15) is 0 Å². The van der Waals surface area contributed by atoms with Crippen LogP contribution >= 0.6 is 0 Å². The molecule has 0 atom stereocenters.